The van der Waals surface area contributed by atoms with Crippen molar-refractivity contribution in [1.29, 1.82) is 0 Å². The van der Waals surface area contributed by atoms with Crippen LogP contribution >= 0.6 is 0 Å². The van der Waals surface area contributed by atoms with E-state index in [0.717, 1.165) is 0 Å². The van der Waals surface area contributed by atoms with E-state index in [1.165, 1.54) is 18.2 Å². The number of rotatable bonds is 8. The fraction of sp³-hybridized carbons (Fsp3) is 0.263. The Morgan fingerprint density at radius 3 is 2.54 bits per heavy atom. The van der Waals surface area contributed by atoms with Gasteiger partial charge < -0.3 is 15.2 Å². The highest BCUT2D eigenvalue weighted by atomic mass is 19.3. The van der Waals surface area contributed by atoms with Gasteiger partial charge in [0.25, 0.3) is 0 Å². The molecule has 0 fully saturated rings. The minimum Gasteiger partial charge on any atom is -0.478 e. The van der Waals surface area contributed by atoms with Gasteiger partial charge in [0.05, 0.1) is 18.0 Å². The van der Waals surface area contributed by atoms with Crippen molar-refractivity contribution < 1.29 is 28.2 Å². The predicted octanol–water partition coefficient (Wildman–Crippen LogP) is 3.80. The van der Waals surface area contributed by atoms with Crippen molar-refractivity contribution in [1.82, 2.24) is 5.32 Å². The number of hydrogen-bond acceptors (Lipinski definition) is 3. The van der Waals surface area contributed by atoms with Crippen molar-refractivity contribution in [2.24, 2.45) is 0 Å². The van der Waals surface area contributed by atoms with Crippen LogP contribution in [0.1, 0.15) is 40.9 Å². The zero-order valence-corrected chi connectivity index (χ0v) is 14.1. The summed E-state index contributed by atoms with van der Waals surface area (Å²) in [5.41, 5.74) is 1.11. The second-order valence-electron chi connectivity index (χ2n) is 5.63. The SMILES string of the molecule is CCC(NC(=O)Cc1cccc(C(=O)O)c1)c1ccccc1OC(F)F. The summed E-state index contributed by atoms with van der Waals surface area (Å²) in [6.07, 6.45) is 0.458. The highest BCUT2D eigenvalue weighted by Crippen LogP contribution is 2.28. The Morgan fingerprint density at radius 1 is 1.15 bits per heavy atom. The van der Waals surface area contributed by atoms with E-state index >= 15 is 0 Å². The van der Waals surface area contributed by atoms with Gasteiger partial charge in [-0.2, -0.15) is 8.78 Å². The number of hydrogen-bond donors (Lipinski definition) is 2. The van der Waals surface area contributed by atoms with Gasteiger partial charge in [0.1, 0.15) is 5.75 Å². The summed E-state index contributed by atoms with van der Waals surface area (Å²) < 4.78 is 29.6. The molecule has 0 spiro atoms. The molecule has 2 rings (SSSR count). The first-order valence-corrected chi connectivity index (χ1v) is 8.06. The molecule has 0 saturated heterocycles. The lowest BCUT2D eigenvalue weighted by molar-refractivity contribution is -0.121. The Morgan fingerprint density at radius 2 is 1.88 bits per heavy atom. The topological polar surface area (TPSA) is 75.6 Å². The number of ether oxygens (including phenoxy) is 1. The molecule has 0 saturated carbocycles. The molecule has 0 bridgehead atoms. The van der Waals surface area contributed by atoms with E-state index in [1.54, 1.807) is 30.3 Å². The molecule has 2 N–H and O–H groups in total. The Balaban J connectivity index is 2.12. The van der Waals surface area contributed by atoms with E-state index in [1.807, 2.05) is 6.92 Å². The van der Waals surface area contributed by atoms with Crippen molar-refractivity contribution in [2.75, 3.05) is 0 Å². The monoisotopic (exact) mass is 363 g/mol. The Bertz CT molecular complexity index is 780. The summed E-state index contributed by atoms with van der Waals surface area (Å²) in [6.45, 7) is -1.14. The van der Waals surface area contributed by atoms with Gasteiger partial charge in [-0.15, -0.1) is 0 Å². The predicted molar refractivity (Wildman–Crippen MR) is 91.4 cm³/mol. The van der Waals surface area contributed by atoms with Crippen molar-refractivity contribution >= 4 is 11.9 Å². The Kier molecular flexibility index (Phi) is 6.66. The molecule has 2 aromatic carbocycles. The minimum atomic E-state index is -2.96. The van der Waals surface area contributed by atoms with Crippen LogP contribution in [0.4, 0.5) is 8.78 Å². The third-order valence-electron chi connectivity index (χ3n) is 3.79. The summed E-state index contributed by atoms with van der Waals surface area (Å²) in [5, 5.41) is 11.8. The summed E-state index contributed by atoms with van der Waals surface area (Å²) >= 11 is 0. The van der Waals surface area contributed by atoms with Crippen molar-refractivity contribution in [3.05, 3.63) is 65.2 Å². The quantitative estimate of drug-likeness (QED) is 0.748. The van der Waals surface area contributed by atoms with E-state index in [-0.39, 0.29) is 23.6 Å². The maximum Gasteiger partial charge on any atom is 0.387 e. The van der Waals surface area contributed by atoms with Gasteiger partial charge in [-0.1, -0.05) is 37.3 Å². The molecule has 0 aromatic heterocycles. The normalized spacial score (nSPS) is 11.8. The van der Waals surface area contributed by atoms with Crippen LogP contribution in [0.3, 0.4) is 0 Å². The maximum atomic E-state index is 12.6. The molecule has 0 aliphatic carbocycles. The molecule has 0 aliphatic rings. The first-order chi connectivity index (χ1) is 12.4. The molecule has 138 valence electrons. The van der Waals surface area contributed by atoms with Gasteiger partial charge >= 0.3 is 12.6 Å². The van der Waals surface area contributed by atoms with Crippen LogP contribution in [0.15, 0.2) is 48.5 Å². The second-order valence-corrected chi connectivity index (χ2v) is 5.63. The third kappa shape index (κ3) is 5.27. The first-order valence-electron chi connectivity index (χ1n) is 8.06. The molecule has 26 heavy (non-hydrogen) atoms. The van der Waals surface area contributed by atoms with Crippen LogP contribution in [0.5, 0.6) is 5.75 Å². The lowest BCUT2D eigenvalue weighted by Crippen LogP contribution is -2.30. The Hall–Kier alpha value is -2.96. The number of para-hydroxylation sites is 1. The summed E-state index contributed by atoms with van der Waals surface area (Å²) in [6, 6.07) is 11.9. The van der Waals surface area contributed by atoms with Gasteiger partial charge in [0.15, 0.2) is 0 Å². The van der Waals surface area contributed by atoms with Gasteiger partial charge in [0, 0.05) is 5.56 Å². The molecular formula is C19H19F2NO4. The van der Waals surface area contributed by atoms with Gasteiger partial charge in [-0.3, -0.25) is 4.79 Å². The van der Waals surface area contributed by atoms with Crippen molar-refractivity contribution in [3.63, 3.8) is 0 Å². The largest absolute Gasteiger partial charge is 0.478 e. The highest BCUT2D eigenvalue weighted by Gasteiger charge is 2.19. The maximum absolute atomic E-state index is 12.6. The van der Waals surface area contributed by atoms with Crippen LogP contribution in [0, 0.1) is 0 Å². The summed E-state index contributed by atoms with van der Waals surface area (Å²) in [7, 11) is 0. The number of aromatic carboxylic acids is 1. The molecule has 5 nitrogen and oxygen atoms in total. The third-order valence-corrected chi connectivity index (χ3v) is 3.79. The fourth-order valence-corrected chi connectivity index (χ4v) is 2.62. The van der Waals surface area contributed by atoms with Crippen molar-refractivity contribution in [2.45, 2.75) is 32.4 Å². The van der Waals surface area contributed by atoms with Gasteiger partial charge in [-0.25, -0.2) is 4.79 Å². The summed E-state index contributed by atoms with van der Waals surface area (Å²) in [4.78, 5) is 23.3. The standard InChI is InChI=1S/C19H19F2NO4/c1-2-15(14-8-3-4-9-16(14)26-19(20)21)22-17(23)11-12-6-5-7-13(10-12)18(24)25/h3-10,15,19H,2,11H2,1H3,(H,22,23)(H,24,25). The molecule has 0 aliphatic heterocycles. The van der Waals surface area contributed by atoms with Crippen LogP contribution < -0.4 is 10.1 Å². The molecule has 1 unspecified atom stereocenters. The molecular weight excluding hydrogens is 344 g/mol. The summed E-state index contributed by atoms with van der Waals surface area (Å²) in [5.74, 6) is -1.40. The minimum absolute atomic E-state index is 0.0162. The van der Waals surface area contributed by atoms with E-state index in [9.17, 15) is 18.4 Å². The average molecular weight is 363 g/mol. The van der Waals surface area contributed by atoms with Crippen LogP contribution in [-0.4, -0.2) is 23.6 Å². The lowest BCUT2D eigenvalue weighted by Gasteiger charge is -2.20. The number of halogens is 2. The van der Waals surface area contributed by atoms with Crippen LogP contribution in [-0.2, 0) is 11.2 Å². The molecule has 1 amide bonds. The number of carbonyl (C=O) groups is 2. The number of nitrogens with one attached hydrogen (secondary N) is 1. The smallest absolute Gasteiger partial charge is 0.387 e. The number of alkyl halides is 2. The number of carboxylic acid groups (broad SMARTS) is 1. The lowest BCUT2D eigenvalue weighted by atomic mass is 10.0. The highest BCUT2D eigenvalue weighted by molar-refractivity contribution is 5.88. The zero-order valence-electron chi connectivity index (χ0n) is 14.1. The number of benzene rings is 2. The molecule has 0 radical (unpaired) electrons. The number of carbonyl (C=O) groups excluding carboxylic acids is 1. The first kappa shape index (κ1) is 19.4. The van der Waals surface area contributed by atoms with Gasteiger partial charge in [0.2, 0.25) is 5.91 Å². The number of carboxylic acids is 1. The van der Waals surface area contributed by atoms with E-state index in [2.05, 4.69) is 10.1 Å². The molecule has 1 atom stereocenters. The van der Waals surface area contributed by atoms with Crippen molar-refractivity contribution in [3.8, 4) is 5.75 Å². The van der Waals surface area contributed by atoms with Crippen LogP contribution in [0.2, 0.25) is 0 Å². The van der Waals surface area contributed by atoms with E-state index in [0.29, 0.717) is 17.5 Å². The molecule has 2 aromatic rings. The van der Waals surface area contributed by atoms with E-state index < -0.39 is 18.6 Å². The van der Waals surface area contributed by atoms with Crippen LogP contribution in [0.25, 0.3) is 0 Å². The second kappa shape index (κ2) is 8.94. The zero-order chi connectivity index (χ0) is 19.1. The number of amides is 1. The molecule has 0 heterocycles. The van der Waals surface area contributed by atoms with E-state index in [4.69, 9.17) is 5.11 Å². The fourth-order valence-electron chi connectivity index (χ4n) is 2.62. The molecule has 7 heteroatoms. The van der Waals surface area contributed by atoms with Gasteiger partial charge in [-0.05, 0) is 30.2 Å². The average Bonchev–Trinajstić information content (AvgIpc) is 2.60. The Labute approximate surface area is 149 Å².